The zero-order valence-electron chi connectivity index (χ0n) is 20.6. The molecule has 0 amide bonds. The van der Waals surface area contributed by atoms with Crippen molar-refractivity contribution in [3.8, 4) is 11.5 Å². The Kier molecular flexibility index (Phi) is 6.90. The third kappa shape index (κ3) is 4.78. The van der Waals surface area contributed by atoms with E-state index in [1.54, 1.807) is 24.4 Å². The lowest BCUT2D eigenvalue weighted by Gasteiger charge is -2.32. The molecule has 7 nitrogen and oxygen atoms in total. The summed E-state index contributed by atoms with van der Waals surface area (Å²) in [6.45, 7) is 10.6. The Morgan fingerprint density at radius 1 is 1.23 bits per heavy atom. The van der Waals surface area contributed by atoms with Crippen molar-refractivity contribution in [2.45, 2.75) is 40.7 Å². The molecule has 3 atom stereocenters. The monoisotopic (exact) mass is 495 g/mol. The molecule has 3 aromatic rings. The number of carboxylic acids is 1. The number of imidazole rings is 1. The normalized spacial score (nSPS) is 20.2. The molecule has 0 saturated carbocycles. The zero-order chi connectivity index (χ0) is 25.3. The lowest BCUT2D eigenvalue weighted by Crippen LogP contribution is -2.36. The molecule has 1 N–H and O–H groups in total. The highest BCUT2D eigenvalue weighted by molar-refractivity contribution is 6.31. The van der Waals surface area contributed by atoms with E-state index in [4.69, 9.17) is 26.1 Å². The van der Waals surface area contributed by atoms with Gasteiger partial charge in [0.05, 0.1) is 53.1 Å². The van der Waals surface area contributed by atoms with Crippen molar-refractivity contribution in [3.63, 3.8) is 0 Å². The van der Waals surface area contributed by atoms with Gasteiger partial charge in [0.25, 0.3) is 0 Å². The van der Waals surface area contributed by atoms with Crippen LogP contribution in [0.25, 0.3) is 11.0 Å². The minimum atomic E-state index is -0.870. The number of allylic oxidation sites excluding steroid dienone is 2. The van der Waals surface area contributed by atoms with E-state index in [9.17, 15) is 9.90 Å². The predicted molar refractivity (Wildman–Crippen MR) is 136 cm³/mol. The van der Waals surface area contributed by atoms with Gasteiger partial charge < -0.3 is 19.1 Å². The number of aliphatic carboxylic acids is 1. The van der Waals surface area contributed by atoms with Gasteiger partial charge in [0, 0.05) is 17.5 Å². The quantitative estimate of drug-likeness (QED) is 0.417. The summed E-state index contributed by atoms with van der Waals surface area (Å²) in [7, 11) is 0. The molecule has 2 aromatic heterocycles. The zero-order valence-corrected chi connectivity index (χ0v) is 21.3. The summed E-state index contributed by atoms with van der Waals surface area (Å²) < 4.78 is 13.8. The summed E-state index contributed by atoms with van der Waals surface area (Å²) >= 11 is 6.57. The average Bonchev–Trinajstić information content (AvgIpc) is 3.14. The van der Waals surface area contributed by atoms with E-state index >= 15 is 0 Å². The van der Waals surface area contributed by atoms with Crippen molar-refractivity contribution in [3.05, 3.63) is 70.8 Å². The number of benzene rings is 1. The van der Waals surface area contributed by atoms with Crippen LogP contribution >= 0.6 is 11.6 Å². The molecular weight excluding hydrogens is 466 g/mol. The van der Waals surface area contributed by atoms with Gasteiger partial charge in [-0.05, 0) is 39.3 Å². The van der Waals surface area contributed by atoms with Crippen LogP contribution in [-0.2, 0) is 4.79 Å². The Morgan fingerprint density at radius 2 is 2.00 bits per heavy atom. The third-order valence-electron chi connectivity index (χ3n) is 6.49. The Balaban J connectivity index is 1.68. The van der Waals surface area contributed by atoms with Crippen LogP contribution < -0.4 is 9.47 Å². The Bertz CT molecular complexity index is 1330. The molecule has 35 heavy (non-hydrogen) atoms. The minimum Gasteiger partial charge on any atom is -0.493 e. The molecule has 0 saturated heterocycles. The fourth-order valence-electron chi connectivity index (χ4n) is 4.64. The third-order valence-corrected chi connectivity index (χ3v) is 6.79. The number of carboxylic acid groups (broad SMARTS) is 1. The first kappa shape index (κ1) is 24.8. The van der Waals surface area contributed by atoms with Gasteiger partial charge in [-0.15, -0.1) is 0 Å². The van der Waals surface area contributed by atoms with E-state index in [1.807, 2.05) is 58.9 Å². The molecule has 1 aromatic carbocycles. The number of hydrogen-bond donors (Lipinski definition) is 1. The summed E-state index contributed by atoms with van der Waals surface area (Å²) in [5, 5.41) is 10.2. The minimum absolute atomic E-state index is 0.182. The SMILES string of the molecule is CCOc1cnc(C(C)n2c(C)nc3c(C)cc(OCC4(C)C=CC=CC4C(=O)O)cc32)c(Cl)c1. The van der Waals surface area contributed by atoms with Crippen molar-refractivity contribution in [1.82, 2.24) is 14.5 Å². The van der Waals surface area contributed by atoms with Gasteiger partial charge in [0.2, 0.25) is 0 Å². The van der Waals surface area contributed by atoms with Crippen molar-refractivity contribution in [1.29, 1.82) is 0 Å². The molecule has 0 radical (unpaired) electrons. The van der Waals surface area contributed by atoms with Crippen LogP contribution in [0, 0.1) is 25.2 Å². The molecule has 3 unspecified atom stereocenters. The van der Waals surface area contributed by atoms with Crippen LogP contribution in [0.4, 0.5) is 0 Å². The maximum Gasteiger partial charge on any atom is 0.311 e. The largest absolute Gasteiger partial charge is 0.493 e. The van der Waals surface area contributed by atoms with E-state index in [0.717, 1.165) is 28.1 Å². The Hall–Kier alpha value is -3.32. The Labute approximate surface area is 210 Å². The van der Waals surface area contributed by atoms with Crippen LogP contribution in [0.2, 0.25) is 5.02 Å². The first-order valence-electron chi connectivity index (χ1n) is 11.6. The second-order valence-electron chi connectivity index (χ2n) is 9.14. The summed E-state index contributed by atoms with van der Waals surface area (Å²) in [6.07, 6.45) is 8.91. The fraction of sp³-hybridized carbons (Fsp3) is 0.370. The van der Waals surface area contributed by atoms with Crippen LogP contribution in [-0.4, -0.2) is 38.8 Å². The van der Waals surface area contributed by atoms with Gasteiger partial charge >= 0.3 is 5.97 Å². The number of ether oxygens (including phenoxy) is 2. The van der Waals surface area contributed by atoms with Gasteiger partial charge in [-0.25, -0.2) is 4.98 Å². The van der Waals surface area contributed by atoms with Crippen molar-refractivity contribution in [2.24, 2.45) is 11.3 Å². The number of halogens is 1. The van der Waals surface area contributed by atoms with Crippen molar-refractivity contribution in [2.75, 3.05) is 13.2 Å². The summed E-state index contributed by atoms with van der Waals surface area (Å²) in [6, 6.07) is 5.48. The van der Waals surface area contributed by atoms with Crippen LogP contribution in [0.1, 0.15) is 43.9 Å². The molecule has 0 fully saturated rings. The maximum absolute atomic E-state index is 11.8. The van der Waals surface area contributed by atoms with Crippen molar-refractivity contribution >= 4 is 28.6 Å². The molecule has 1 aliphatic carbocycles. The fourth-order valence-corrected chi connectivity index (χ4v) is 4.96. The van der Waals surface area contributed by atoms with Crippen LogP contribution in [0.5, 0.6) is 11.5 Å². The number of aryl methyl sites for hydroxylation is 2. The molecule has 4 rings (SSSR count). The van der Waals surface area contributed by atoms with Gasteiger partial charge in [0.1, 0.15) is 17.3 Å². The number of nitrogens with zero attached hydrogens (tertiary/aromatic N) is 3. The second-order valence-corrected chi connectivity index (χ2v) is 9.55. The first-order chi connectivity index (χ1) is 16.6. The van der Waals surface area contributed by atoms with Gasteiger partial charge in [0.15, 0.2) is 0 Å². The van der Waals surface area contributed by atoms with E-state index < -0.39 is 17.3 Å². The molecule has 0 spiro atoms. The molecular formula is C27H30ClN3O4. The standard InChI is InChI=1S/C27H30ClN3O4/c1-6-34-20-12-22(28)25(29-14-20)17(3)31-18(4)30-24-16(2)11-19(13-23(24)31)35-15-27(5)10-8-7-9-21(27)26(32)33/h7-14,17,21H,6,15H2,1-5H3,(H,32,33). The van der Waals surface area contributed by atoms with E-state index in [0.29, 0.717) is 23.1 Å². The van der Waals surface area contributed by atoms with Crippen LogP contribution in [0.15, 0.2) is 48.7 Å². The number of carbonyl (C=O) groups is 1. The highest BCUT2D eigenvalue weighted by atomic mass is 35.5. The number of aromatic nitrogens is 3. The lowest BCUT2D eigenvalue weighted by molar-refractivity contribution is -0.143. The maximum atomic E-state index is 11.8. The molecule has 184 valence electrons. The van der Waals surface area contributed by atoms with Gasteiger partial charge in [-0.1, -0.05) is 42.8 Å². The molecule has 1 aliphatic rings. The lowest BCUT2D eigenvalue weighted by atomic mass is 9.75. The summed E-state index contributed by atoms with van der Waals surface area (Å²) in [5.41, 5.74) is 2.80. The summed E-state index contributed by atoms with van der Waals surface area (Å²) in [4.78, 5) is 21.1. The average molecular weight is 496 g/mol. The van der Waals surface area contributed by atoms with Gasteiger partial charge in [-0.2, -0.15) is 0 Å². The van der Waals surface area contributed by atoms with Gasteiger partial charge in [-0.3, -0.25) is 9.78 Å². The second kappa shape index (κ2) is 9.74. The first-order valence-corrected chi connectivity index (χ1v) is 12.0. The van der Waals surface area contributed by atoms with E-state index in [-0.39, 0.29) is 12.6 Å². The predicted octanol–water partition coefficient (Wildman–Crippen LogP) is 5.92. The highest BCUT2D eigenvalue weighted by Crippen LogP contribution is 2.36. The molecule has 8 heteroatoms. The number of hydrogen-bond acceptors (Lipinski definition) is 5. The number of pyridine rings is 1. The van der Waals surface area contributed by atoms with E-state index in [2.05, 4.69) is 9.55 Å². The number of rotatable bonds is 8. The smallest absolute Gasteiger partial charge is 0.311 e. The molecule has 0 bridgehead atoms. The Morgan fingerprint density at radius 3 is 2.69 bits per heavy atom. The summed E-state index contributed by atoms with van der Waals surface area (Å²) in [5.74, 6) is 0.593. The van der Waals surface area contributed by atoms with Crippen LogP contribution in [0.3, 0.4) is 0 Å². The van der Waals surface area contributed by atoms with E-state index in [1.165, 1.54) is 0 Å². The highest BCUT2D eigenvalue weighted by Gasteiger charge is 2.37. The van der Waals surface area contributed by atoms with Crippen molar-refractivity contribution < 1.29 is 19.4 Å². The number of fused-ring (bicyclic) bond motifs is 1. The topological polar surface area (TPSA) is 86.5 Å². The molecule has 2 heterocycles. The molecule has 0 aliphatic heterocycles.